The molecule has 1 N–H and O–H groups in total. The van der Waals surface area contributed by atoms with E-state index in [1.165, 1.54) is 11.6 Å². The minimum atomic E-state index is -0.210. The molecule has 0 aliphatic heterocycles. The second-order valence-electron chi connectivity index (χ2n) is 4.85. The van der Waals surface area contributed by atoms with Crippen LogP contribution in [0, 0.1) is 26.6 Å². The van der Waals surface area contributed by atoms with Crippen LogP contribution in [0.15, 0.2) is 18.2 Å². The zero-order chi connectivity index (χ0) is 14.0. The van der Waals surface area contributed by atoms with Crippen LogP contribution in [0.2, 0.25) is 0 Å². The van der Waals surface area contributed by atoms with Crippen molar-refractivity contribution < 1.29 is 4.39 Å². The maximum Gasteiger partial charge on any atom is 0.123 e. The van der Waals surface area contributed by atoms with Gasteiger partial charge in [0.25, 0.3) is 0 Å². The second-order valence-corrected chi connectivity index (χ2v) is 4.85. The zero-order valence-corrected chi connectivity index (χ0v) is 11.9. The smallest absolute Gasteiger partial charge is 0.123 e. The van der Waals surface area contributed by atoms with Crippen LogP contribution in [0.3, 0.4) is 0 Å². The first kappa shape index (κ1) is 13.7. The lowest BCUT2D eigenvalue weighted by Gasteiger charge is -2.09. The van der Waals surface area contributed by atoms with Crippen molar-refractivity contribution in [1.29, 1.82) is 0 Å². The number of likely N-dealkylation sites (N-methyl/N-ethyl adjacent to an activating group) is 1. The normalized spacial score (nSPS) is 11.0. The summed E-state index contributed by atoms with van der Waals surface area (Å²) in [5, 5.41) is 7.74. The molecule has 0 amide bonds. The first-order valence-electron chi connectivity index (χ1n) is 6.50. The number of halogens is 1. The number of aromatic nitrogens is 2. The summed E-state index contributed by atoms with van der Waals surface area (Å²) in [6.07, 6.45) is 0.953. The molecule has 0 saturated heterocycles. The van der Waals surface area contributed by atoms with Crippen molar-refractivity contribution in [1.82, 2.24) is 15.1 Å². The minimum Gasteiger partial charge on any atom is -0.319 e. The lowest BCUT2D eigenvalue weighted by molar-refractivity contribution is 0.625. The summed E-state index contributed by atoms with van der Waals surface area (Å²) in [5.41, 5.74) is 5.26. The Morgan fingerprint density at radius 3 is 2.63 bits per heavy atom. The first-order chi connectivity index (χ1) is 9.04. The minimum absolute atomic E-state index is 0.210. The number of hydrogen-bond donors (Lipinski definition) is 1. The van der Waals surface area contributed by atoms with Crippen molar-refractivity contribution in [3.8, 4) is 5.69 Å². The Balaban J connectivity index is 2.45. The lowest BCUT2D eigenvalue weighted by atomic mass is 10.1. The Morgan fingerprint density at radius 1 is 1.26 bits per heavy atom. The predicted molar refractivity (Wildman–Crippen MR) is 75.4 cm³/mol. The first-order valence-corrected chi connectivity index (χ1v) is 6.50. The SMILES string of the molecule is CNCCc1c(C)nn(-c2ccc(F)cc2C)c1C. The van der Waals surface area contributed by atoms with Gasteiger partial charge in [-0.2, -0.15) is 5.10 Å². The summed E-state index contributed by atoms with van der Waals surface area (Å²) >= 11 is 0. The molecule has 0 aliphatic rings. The van der Waals surface area contributed by atoms with Crippen molar-refractivity contribution in [3.05, 3.63) is 46.5 Å². The summed E-state index contributed by atoms with van der Waals surface area (Å²) in [6.45, 7) is 6.92. The van der Waals surface area contributed by atoms with Crippen LogP contribution < -0.4 is 5.32 Å². The van der Waals surface area contributed by atoms with Gasteiger partial charge in [-0.3, -0.25) is 0 Å². The van der Waals surface area contributed by atoms with E-state index in [2.05, 4.69) is 17.3 Å². The topological polar surface area (TPSA) is 29.9 Å². The third-order valence-corrected chi connectivity index (χ3v) is 3.45. The Kier molecular flexibility index (Phi) is 4.00. The number of rotatable bonds is 4. The third-order valence-electron chi connectivity index (χ3n) is 3.45. The van der Waals surface area contributed by atoms with E-state index in [-0.39, 0.29) is 5.82 Å². The molecule has 1 aromatic heterocycles. The monoisotopic (exact) mass is 261 g/mol. The fourth-order valence-corrected chi connectivity index (χ4v) is 2.38. The van der Waals surface area contributed by atoms with E-state index < -0.39 is 0 Å². The van der Waals surface area contributed by atoms with Crippen molar-refractivity contribution in [2.24, 2.45) is 0 Å². The van der Waals surface area contributed by atoms with Crippen molar-refractivity contribution in [2.75, 3.05) is 13.6 Å². The molecule has 4 heteroatoms. The standard InChI is InChI=1S/C15H20FN3/c1-10-9-13(16)5-6-15(10)19-12(3)14(7-8-17-4)11(2)18-19/h5-6,9,17H,7-8H2,1-4H3. The molecule has 0 saturated carbocycles. The van der Waals surface area contributed by atoms with Gasteiger partial charge in [0.15, 0.2) is 0 Å². The largest absolute Gasteiger partial charge is 0.319 e. The average molecular weight is 261 g/mol. The van der Waals surface area contributed by atoms with Crippen LogP contribution in [-0.2, 0) is 6.42 Å². The van der Waals surface area contributed by atoms with Crippen LogP contribution in [0.25, 0.3) is 5.69 Å². The van der Waals surface area contributed by atoms with Crippen molar-refractivity contribution in [2.45, 2.75) is 27.2 Å². The van der Waals surface area contributed by atoms with Gasteiger partial charge in [-0.15, -0.1) is 0 Å². The highest BCUT2D eigenvalue weighted by molar-refractivity contribution is 5.43. The molecule has 2 aromatic rings. The molecule has 0 fully saturated rings. The van der Waals surface area contributed by atoms with Gasteiger partial charge in [0.05, 0.1) is 11.4 Å². The van der Waals surface area contributed by atoms with E-state index in [0.717, 1.165) is 35.6 Å². The lowest BCUT2D eigenvalue weighted by Crippen LogP contribution is -2.11. The van der Waals surface area contributed by atoms with Gasteiger partial charge in [-0.1, -0.05) is 0 Å². The van der Waals surface area contributed by atoms with Gasteiger partial charge in [-0.25, -0.2) is 9.07 Å². The molecule has 0 aliphatic carbocycles. The number of hydrogen-bond acceptors (Lipinski definition) is 2. The van der Waals surface area contributed by atoms with E-state index in [9.17, 15) is 4.39 Å². The van der Waals surface area contributed by atoms with Crippen LogP contribution in [0.1, 0.15) is 22.5 Å². The molecule has 0 bridgehead atoms. The van der Waals surface area contributed by atoms with E-state index in [1.54, 1.807) is 12.1 Å². The average Bonchev–Trinajstić information content (AvgIpc) is 2.63. The molecule has 102 valence electrons. The molecule has 0 atom stereocenters. The maximum absolute atomic E-state index is 13.2. The summed E-state index contributed by atoms with van der Waals surface area (Å²) < 4.78 is 15.1. The fourth-order valence-electron chi connectivity index (χ4n) is 2.38. The van der Waals surface area contributed by atoms with E-state index >= 15 is 0 Å². The summed E-state index contributed by atoms with van der Waals surface area (Å²) in [5.74, 6) is -0.210. The van der Waals surface area contributed by atoms with Crippen molar-refractivity contribution in [3.63, 3.8) is 0 Å². The number of nitrogens with zero attached hydrogens (tertiary/aromatic N) is 2. The highest BCUT2D eigenvalue weighted by Crippen LogP contribution is 2.21. The molecule has 2 rings (SSSR count). The molecule has 3 nitrogen and oxygen atoms in total. The highest BCUT2D eigenvalue weighted by Gasteiger charge is 2.13. The van der Waals surface area contributed by atoms with Gasteiger partial charge in [0, 0.05) is 5.69 Å². The Bertz CT molecular complexity index is 587. The zero-order valence-electron chi connectivity index (χ0n) is 11.9. The molecular formula is C15H20FN3. The molecule has 1 aromatic carbocycles. The van der Waals surface area contributed by atoms with E-state index in [1.807, 2.05) is 25.6 Å². The Hall–Kier alpha value is -1.68. The number of aryl methyl sites for hydroxylation is 2. The van der Waals surface area contributed by atoms with Gasteiger partial charge >= 0.3 is 0 Å². The molecular weight excluding hydrogens is 241 g/mol. The van der Waals surface area contributed by atoms with Gasteiger partial charge in [-0.05, 0) is 70.1 Å². The third kappa shape index (κ3) is 2.68. The van der Waals surface area contributed by atoms with Gasteiger partial charge in [0.2, 0.25) is 0 Å². The molecule has 19 heavy (non-hydrogen) atoms. The number of nitrogens with one attached hydrogen (secondary N) is 1. The molecule has 0 radical (unpaired) electrons. The highest BCUT2D eigenvalue weighted by atomic mass is 19.1. The second kappa shape index (κ2) is 5.53. The summed E-state index contributed by atoms with van der Waals surface area (Å²) in [7, 11) is 1.94. The maximum atomic E-state index is 13.2. The van der Waals surface area contributed by atoms with Gasteiger partial charge < -0.3 is 5.32 Å². The molecule has 0 unspecified atom stereocenters. The van der Waals surface area contributed by atoms with Crippen LogP contribution in [0.4, 0.5) is 4.39 Å². The summed E-state index contributed by atoms with van der Waals surface area (Å²) in [6, 6.07) is 4.80. The van der Waals surface area contributed by atoms with E-state index in [4.69, 9.17) is 0 Å². The van der Waals surface area contributed by atoms with E-state index in [0.29, 0.717) is 0 Å². The Labute approximate surface area is 113 Å². The van der Waals surface area contributed by atoms with Crippen LogP contribution >= 0.6 is 0 Å². The Morgan fingerprint density at radius 2 is 2.00 bits per heavy atom. The van der Waals surface area contributed by atoms with Crippen molar-refractivity contribution >= 4 is 0 Å². The molecule has 1 heterocycles. The van der Waals surface area contributed by atoms with Gasteiger partial charge in [0.1, 0.15) is 5.82 Å². The fraction of sp³-hybridized carbons (Fsp3) is 0.400. The number of benzene rings is 1. The predicted octanol–water partition coefficient (Wildman–Crippen LogP) is 2.70. The van der Waals surface area contributed by atoms with Crippen LogP contribution in [-0.4, -0.2) is 23.4 Å². The van der Waals surface area contributed by atoms with Crippen LogP contribution in [0.5, 0.6) is 0 Å². The summed E-state index contributed by atoms with van der Waals surface area (Å²) in [4.78, 5) is 0. The quantitative estimate of drug-likeness (QED) is 0.917. The molecule has 0 spiro atoms.